The lowest BCUT2D eigenvalue weighted by Crippen LogP contribution is -1.88. The lowest BCUT2D eigenvalue weighted by atomic mass is 10.1. The minimum atomic E-state index is 1.01. The minimum Gasteiger partial charge on any atom is -0.352 e. The van der Waals surface area contributed by atoms with Crippen LogP contribution in [-0.2, 0) is 0 Å². The second-order valence-electron chi connectivity index (χ2n) is 4.75. The lowest BCUT2D eigenvalue weighted by molar-refractivity contribution is 1.31. The number of benzene rings is 2. The largest absolute Gasteiger partial charge is 0.352 e. The van der Waals surface area contributed by atoms with Crippen molar-refractivity contribution >= 4 is 21.8 Å². The molecule has 2 aromatic rings. The number of nitrogens with one attached hydrogen (secondary N) is 1. The van der Waals surface area contributed by atoms with Crippen LogP contribution >= 0.6 is 0 Å². The van der Waals surface area contributed by atoms with Gasteiger partial charge in [0.2, 0.25) is 0 Å². The molecule has 0 bridgehead atoms. The number of hydrogen-bond acceptors (Lipinski definition) is 1. The number of aromatic nitrogens is 2. The number of aryl methyl sites for hydroxylation is 1. The molecule has 1 aliphatic heterocycles. The zero-order chi connectivity index (χ0) is 12.1. The summed E-state index contributed by atoms with van der Waals surface area (Å²) in [5.41, 5.74) is 5.54. The zero-order valence-electron chi connectivity index (χ0n) is 10.1. The highest BCUT2D eigenvalue weighted by molar-refractivity contribution is 6.01. The number of aromatic amines is 1. The molecule has 0 amide bonds. The summed E-state index contributed by atoms with van der Waals surface area (Å²) in [7, 11) is 0. The van der Waals surface area contributed by atoms with E-state index in [0.717, 1.165) is 22.4 Å². The Balaban J connectivity index is 2.20. The summed E-state index contributed by atoms with van der Waals surface area (Å²) < 4.78 is 0. The summed E-state index contributed by atoms with van der Waals surface area (Å²) in [4.78, 5) is 8.22. The summed E-state index contributed by atoms with van der Waals surface area (Å²) in [6, 6.07) is 16.8. The summed E-state index contributed by atoms with van der Waals surface area (Å²) in [5, 5.41) is 2.47. The Morgan fingerprint density at radius 2 is 1.89 bits per heavy atom. The Kier molecular flexibility index (Phi) is 1.78. The molecule has 2 nitrogen and oxygen atoms in total. The van der Waals surface area contributed by atoms with Crippen molar-refractivity contribution in [3.63, 3.8) is 0 Å². The molecule has 0 aromatic heterocycles. The van der Waals surface area contributed by atoms with E-state index in [9.17, 15) is 0 Å². The molecule has 0 fully saturated rings. The fourth-order valence-electron chi connectivity index (χ4n) is 2.54. The average molecular weight is 232 g/mol. The van der Waals surface area contributed by atoms with Crippen molar-refractivity contribution in [2.75, 3.05) is 0 Å². The van der Waals surface area contributed by atoms with Crippen LogP contribution in [0.5, 0.6) is 0 Å². The number of hydrogen-bond donors (Lipinski definition) is 1. The molecule has 1 N–H and O–H groups in total. The van der Waals surface area contributed by atoms with Gasteiger partial charge in [0.15, 0.2) is 0 Å². The standard InChI is InChI=1S/C16H12N2/c1-10-6-7-12-11(8-10)9-15-16(12)18-14-5-3-2-4-13(14)17-15/h2-9,17H,1H3. The normalized spacial score (nSPS) is 11.6. The van der Waals surface area contributed by atoms with Crippen LogP contribution in [0.15, 0.2) is 48.5 Å². The predicted octanol–water partition coefficient (Wildman–Crippen LogP) is 4.13. The molecule has 0 saturated carbocycles. The number of rotatable bonds is 0. The molecular formula is C16H12N2. The fourth-order valence-corrected chi connectivity index (χ4v) is 2.54. The topological polar surface area (TPSA) is 28.7 Å². The van der Waals surface area contributed by atoms with Crippen molar-refractivity contribution in [2.45, 2.75) is 6.92 Å². The molecular weight excluding hydrogens is 220 g/mol. The molecule has 1 aliphatic carbocycles. The van der Waals surface area contributed by atoms with Crippen molar-refractivity contribution < 1.29 is 0 Å². The molecule has 2 aliphatic rings. The predicted molar refractivity (Wildman–Crippen MR) is 75.0 cm³/mol. The molecule has 2 aromatic carbocycles. The SMILES string of the molecule is Cc1ccc2c3nc4ccccc4[nH]c-3cc2c1. The minimum absolute atomic E-state index is 1.01. The van der Waals surface area contributed by atoms with Crippen molar-refractivity contribution in [1.82, 2.24) is 9.97 Å². The van der Waals surface area contributed by atoms with Gasteiger partial charge in [0.05, 0.1) is 22.4 Å². The molecule has 2 heteroatoms. The first-order valence-corrected chi connectivity index (χ1v) is 6.09. The van der Waals surface area contributed by atoms with Crippen LogP contribution in [0.25, 0.3) is 33.2 Å². The highest BCUT2D eigenvalue weighted by Crippen LogP contribution is 2.32. The van der Waals surface area contributed by atoms with Gasteiger partial charge in [-0.15, -0.1) is 0 Å². The smallest absolute Gasteiger partial charge is 0.0951 e. The highest BCUT2D eigenvalue weighted by Gasteiger charge is 2.12. The van der Waals surface area contributed by atoms with Gasteiger partial charge in [-0.2, -0.15) is 0 Å². The second-order valence-corrected chi connectivity index (χ2v) is 4.75. The third-order valence-corrected chi connectivity index (χ3v) is 3.42. The average Bonchev–Trinajstić information content (AvgIpc) is 2.72. The monoisotopic (exact) mass is 232 g/mol. The van der Waals surface area contributed by atoms with Gasteiger partial charge in [-0.05, 0) is 30.5 Å². The third-order valence-electron chi connectivity index (χ3n) is 3.42. The third kappa shape index (κ3) is 1.26. The van der Waals surface area contributed by atoms with Gasteiger partial charge in [-0.1, -0.05) is 35.9 Å². The van der Waals surface area contributed by atoms with Gasteiger partial charge in [0.1, 0.15) is 0 Å². The van der Waals surface area contributed by atoms with E-state index in [2.05, 4.69) is 42.2 Å². The van der Waals surface area contributed by atoms with Crippen molar-refractivity contribution in [3.05, 3.63) is 54.1 Å². The maximum atomic E-state index is 4.76. The van der Waals surface area contributed by atoms with Crippen LogP contribution in [0.4, 0.5) is 0 Å². The van der Waals surface area contributed by atoms with Gasteiger partial charge in [0.25, 0.3) is 0 Å². The van der Waals surface area contributed by atoms with Gasteiger partial charge in [0, 0.05) is 5.39 Å². The van der Waals surface area contributed by atoms with E-state index < -0.39 is 0 Å². The summed E-state index contributed by atoms with van der Waals surface area (Å²) in [6.07, 6.45) is 0. The van der Waals surface area contributed by atoms with E-state index in [1.807, 2.05) is 18.2 Å². The van der Waals surface area contributed by atoms with Crippen LogP contribution in [0.1, 0.15) is 5.56 Å². The lowest BCUT2D eigenvalue weighted by Gasteiger charge is -2.03. The Morgan fingerprint density at radius 3 is 2.83 bits per heavy atom. The molecule has 86 valence electrons. The zero-order valence-corrected chi connectivity index (χ0v) is 10.1. The van der Waals surface area contributed by atoms with Gasteiger partial charge in [-0.3, -0.25) is 0 Å². The van der Waals surface area contributed by atoms with Crippen LogP contribution in [0.2, 0.25) is 0 Å². The summed E-state index contributed by atoms with van der Waals surface area (Å²) in [6.45, 7) is 2.12. The Labute approximate surface area is 105 Å². The Morgan fingerprint density at radius 1 is 1.00 bits per heavy atom. The summed E-state index contributed by atoms with van der Waals surface area (Å²) >= 11 is 0. The van der Waals surface area contributed by atoms with E-state index in [0.29, 0.717) is 0 Å². The quantitative estimate of drug-likeness (QED) is 0.485. The van der Waals surface area contributed by atoms with Gasteiger partial charge >= 0.3 is 0 Å². The molecule has 4 rings (SSSR count). The first-order chi connectivity index (χ1) is 8.81. The van der Waals surface area contributed by atoms with Gasteiger partial charge in [-0.25, -0.2) is 4.98 Å². The van der Waals surface area contributed by atoms with E-state index >= 15 is 0 Å². The van der Waals surface area contributed by atoms with Gasteiger partial charge < -0.3 is 4.98 Å². The van der Waals surface area contributed by atoms with Crippen LogP contribution < -0.4 is 0 Å². The first-order valence-electron chi connectivity index (χ1n) is 6.09. The molecule has 0 spiro atoms. The Hall–Kier alpha value is -2.35. The number of H-pyrrole nitrogens is 1. The van der Waals surface area contributed by atoms with Crippen molar-refractivity contribution in [1.29, 1.82) is 0 Å². The maximum absolute atomic E-state index is 4.76. The van der Waals surface area contributed by atoms with Crippen LogP contribution in [-0.4, -0.2) is 9.97 Å². The Bertz CT molecular complexity index is 842. The number of fused-ring (bicyclic) bond motifs is 4. The van der Waals surface area contributed by atoms with Crippen LogP contribution in [0.3, 0.4) is 0 Å². The molecule has 0 atom stereocenters. The highest BCUT2D eigenvalue weighted by atomic mass is 14.8. The summed E-state index contributed by atoms with van der Waals surface area (Å²) in [5.74, 6) is 0. The molecule has 0 saturated heterocycles. The number of nitrogens with zero attached hydrogens (tertiary/aromatic N) is 1. The van der Waals surface area contributed by atoms with Crippen molar-refractivity contribution in [2.24, 2.45) is 0 Å². The van der Waals surface area contributed by atoms with E-state index in [-0.39, 0.29) is 0 Å². The molecule has 0 unspecified atom stereocenters. The first kappa shape index (κ1) is 9.66. The van der Waals surface area contributed by atoms with E-state index in [1.165, 1.54) is 16.3 Å². The molecule has 18 heavy (non-hydrogen) atoms. The van der Waals surface area contributed by atoms with E-state index in [1.54, 1.807) is 0 Å². The van der Waals surface area contributed by atoms with Crippen LogP contribution in [0, 0.1) is 6.92 Å². The second kappa shape index (κ2) is 3.33. The van der Waals surface area contributed by atoms with Crippen molar-refractivity contribution in [3.8, 4) is 11.4 Å². The maximum Gasteiger partial charge on any atom is 0.0951 e. The van der Waals surface area contributed by atoms with E-state index in [4.69, 9.17) is 4.98 Å². The fraction of sp³-hybridized carbons (Fsp3) is 0.0625. The molecule has 0 radical (unpaired) electrons. The number of para-hydroxylation sites is 2. The molecule has 1 heterocycles.